The minimum Gasteiger partial charge on any atom is -0.400 e. The number of allylic oxidation sites excluding steroid dienone is 1. The van der Waals surface area contributed by atoms with E-state index in [1.165, 1.54) is 11.8 Å². The van der Waals surface area contributed by atoms with Gasteiger partial charge in [0, 0.05) is 41.1 Å². The van der Waals surface area contributed by atoms with Crippen molar-refractivity contribution < 1.29 is 9.90 Å². The van der Waals surface area contributed by atoms with Gasteiger partial charge in [0.15, 0.2) is 5.16 Å². The van der Waals surface area contributed by atoms with Crippen molar-refractivity contribution in [1.29, 1.82) is 0 Å². The number of nitrogens with one attached hydrogen (secondary N) is 2. The number of nitrogens with zero attached hydrogens (tertiary/aromatic N) is 3. The Hall–Kier alpha value is -3.53. The summed E-state index contributed by atoms with van der Waals surface area (Å²) in [5.74, 6) is 1.14. The quantitative estimate of drug-likeness (QED) is 0.246. The van der Waals surface area contributed by atoms with E-state index in [1.54, 1.807) is 30.3 Å². The number of nitrogens with two attached hydrogens (primary N) is 1. The first kappa shape index (κ1) is 24.6. The zero-order chi connectivity index (χ0) is 24.8. The Kier molecular flexibility index (Phi) is 7.91. The molecule has 0 unspecified atom stereocenters. The molecule has 1 aliphatic rings. The highest BCUT2D eigenvalue weighted by molar-refractivity contribution is 7.99. The van der Waals surface area contributed by atoms with Crippen molar-refractivity contribution in [2.75, 3.05) is 35.2 Å². The zero-order valence-corrected chi connectivity index (χ0v) is 20.4. The molecule has 0 radical (unpaired) electrons. The Morgan fingerprint density at radius 2 is 1.91 bits per heavy atom. The second-order valence-corrected chi connectivity index (χ2v) is 9.27. The van der Waals surface area contributed by atoms with E-state index in [1.807, 2.05) is 30.3 Å². The summed E-state index contributed by atoms with van der Waals surface area (Å²) in [4.78, 5) is 24.9. The average molecular weight is 509 g/mol. The largest absolute Gasteiger partial charge is 0.400 e. The molecule has 35 heavy (non-hydrogen) atoms. The number of aliphatic hydroxyl groups is 1. The zero-order valence-electron chi connectivity index (χ0n) is 18.9. The molecule has 1 aliphatic heterocycles. The van der Waals surface area contributed by atoms with Gasteiger partial charge in [0.05, 0.1) is 17.2 Å². The van der Waals surface area contributed by atoms with Crippen LogP contribution < -0.4 is 21.3 Å². The van der Waals surface area contributed by atoms with Crippen molar-refractivity contribution >= 4 is 46.6 Å². The van der Waals surface area contributed by atoms with E-state index >= 15 is 0 Å². The topological polar surface area (TPSA) is 116 Å². The lowest BCUT2D eigenvalue weighted by molar-refractivity contribution is 0.102. The first-order valence-corrected chi connectivity index (χ1v) is 12.1. The van der Waals surface area contributed by atoms with Gasteiger partial charge in [-0.05, 0) is 60.7 Å². The molecule has 8 nitrogen and oxygen atoms in total. The second kappa shape index (κ2) is 11.3. The summed E-state index contributed by atoms with van der Waals surface area (Å²) in [5, 5.41) is 16.1. The second-order valence-electron chi connectivity index (χ2n) is 7.82. The van der Waals surface area contributed by atoms with E-state index in [9.17, 15) is 4.79 Å². The highest BCUT2D eigenvalue weighted by Gasteiger charge is 2.18. The molecular formula is C25H25ClN6O2S. The summed E-state index contributed by atoms with van der Waals surface area (Å²) in [6.07, 6.45) is 2.69. The predicted octanol–water partition coefficient (Wildman–Crippen LogP) is 4.50. The number of aromatic nitrogens is 2. The number of hydrogen-bond acceptors (Lipinski definition) is 8. The van der Waals surface area contributed by atoms with Crippen molar-refractivity contribution in [3.63, 3.8) is 0 Å². The smallest absolute Gasteiger partial charge is 0.257 e. The first-order valence-electron chi connectivity index (χ1n) is 10.9. The third-order valence-electron chi connectivity index (χ3n) is 5.14. The molecule has 0 aliphatic carbocycles. The number of aliphatic hydroxyl groups excluding tert-OH is 1. The molecule has 10 heteroatoms. The maximum Gasteiger partial charge on any atom is 0.257 e. The van der Waals surface area contributed by atoms with E-state index in [2.05, 4.69) is 27.1 Å². The van der Waals surface area contributed by atoms with Crippen LogP contribution in [0.25, 0.3) is 0 Å². The van der Waals surface area contributed by atoms with Crippen LogP contribution in [0.2, 0.25) is 5.02 Å². The molecule has 2 heterocycles. The van der Waals surface area contributed by atoms with Crippen molar-refractivity contribution in [1.82, 2.24) is 9.97 Å². The monoisotopic (exact) mass is 508 g/mol. The maximum atomic E-state index is 12.5. The molecule has 1 saturated heterocycles. The molecule has 1 amide bonds. The van der Waals surface area contributed by atoms with Gasteiger partial charge in [-0.1, -0.05) is 30.3 Å². The number of carbonyl (C=O) groups excluding carboxylic acids is 1. The SMILES string of the molecule is C=C(/C=C(\N)CO)Nc1cc(N2CCC2)nc(Sc2ccc(NC(=O)c3ccccc3Cl)cc2)n1. The maximum absolute atomic E-state index is 12.5. The number of carbonyl (C=O) groups is 1. The van der Waals surface area contributed by atoms with E-state index < -0.39 is 0 Å². The molecule has 180 valence electrons. The van der Waals surface area contributed by atoms with Crippen LogP contribution in [0, 0.1) is 0 Å². The Labute approximate surface area is 212 Å². The molecule has 0 atom stereocenters. The number of amides is 1. The predicted molar refractivity (Wildman–Crippen MR) is 141 cm³/mol. The van der Waals surface area contributed by atoms with Gasteiger partial charge in [-0.25, -0.2) is 9.97 Å². The van der Waals surface area contributed by atoms with E-state index in [0.717, 1.165) is 30.2 Å². The normalized spacial score (nSPS) is 13.2. The Morgan fingerprint density at radius 1 is 1.17 bits per heavy atom. The van der Waals surface area contributed by atoms with Gasteiger partial charge in [-0.15, -0.1) is 0 Å². The standard InChI is InChI=1S/C25H25ClN6O2S/c1-16(13-17(27)15-33)28-22-14-23(32-11-4-12-32)31-25(30-22)35-19-9-7-18(8-10-19)29-24(34)20-5-2-3-6-21(20)26/h2-3,5-10,13-14,33H,1,4,11-12,15,27H2,(H,29,34)(H,28,30,31)/b17-13-. The third-order valence-corrected chi connectivity index (χ3v) is 6.35. The number of anilines is 3. The lowest BCUT2D eigenvalue weighted by Gasteiger charge is -2.32. The average Bonchev–Trinajstić information content (AvgIpc) is 2.79. The summed E-state index contributed by atoms with van der Waals surface area (Å²) in [5.41, 5.74) is 7.57. The molecule has 5 N–H and O–H groups in total. The van der Waals surface area contributed by atoms with Gasteiger partial charge in [-0.2, -0.15) is 0 Å². The Morgan fingerprint density at radius 3 is 2.57 bits per heavy atom. The minimum absolute atomic E-state index is 0.251. The van der Waals surface area contributed by atoms with Crippen molar-refractivity contribution in [3.8, 4) is 0 Å². The first-order chi connectivity index (χ1) is 16.9. The van der Waals surface area contributed by atoms with Crippen LogP contribution in [-0.4, -0.2) is 40.7 Å². The van der Waals surface area contributed by atoms with Crippen LogP contribution in [0.15, 0.2) is 88.7 Å². The molecule has 4 rings (SSSR count). The van der Waals surface area contributed by atoms with Crippen molar-refractivity contribution in [3.05, 3.63) is 89.2 Å². The van der Waals surface area contributed by atoms with Crippen LogP contribution in [0.4, 0.5) is 17.3 Å². The molecule has 0 bridgehead atoms. The van der Waals surface area contributed by atoms with Crippen LogP contribution in [-0.2, 0) is 0 Å². The fraction of sp³-hybridized carbons (Fsp3) is 0.160. The summed E-state index contributed by atoms with van der Waals surface area (Å²) in [7, 11) is 0. The Balaban J connectivity index is 1.48. The molecule has 2 aromatic carbocycles. The van der Waals surface area contributed by atoms with Gasteiger partial charge in [0.1, 0.15) is 11.6 Å². The molecule has 1 fully saturated rings. The highest BCUT2D eigenvalue weighted by atomic mass is 35.5. The fourth-order valence-corrected chi connectivity index (χ4v) is 4.24. The fourth-order valence-electron chi connectivity index (χ4n) is 3.26. The van der Waals surface area contributed by atoms with Crippen molar-refractivity contribution in [2.24, 2.45) is 5.73 Å². The number of benzene rings is 2. The summed E-state index contributed by atoms with van der Waals surface area (Å²) < 4.78 is 0. The van der Waals surface area contributed by atoms with E-state index in [4.69, 9.17) is 27.4 Å². The van der Waals surface area contributed by atoms with E-state index in [0.29, 0.717) is 38.6 Å². The molecular weight excluding hydrogens is 484 g/mol. The van der Waals surface area contributed by atoms with Crippen LogP contribution in [0.5, 0.6) is 0 Å². The molecule has 1 aromatic heterocycles. The Bertz CT molecular complexity index is 1260. The lowest BCUT2D eigenvalue weighted by atomic mass is 10.2. The van der Waals surface area contributed by atoms with Gasteiger partial charge >= 0.3 is 0 Å². The van der Waals surface area contributed by atoms with Gasteiger partial charge < -0.3 is 26.4 Å². The molecule has 0 spiro atoms. The number of hydrogen-bond donors (Lipinski definition) is 4. The van der Waals surface area contributed by atoms with Gasteiger partial charge in [-0.3, -0.25) is 4.79 Å². The van der Waals surface area contributed by atoms with E-state index in [-0.39, 0.29) is 12.5 Å². The summed E-state index contributed by atoms with van der Waals surface area (Å²) in [6.45, 7) is 5.55. The van der Waals surface area contributed by atoms with Gasteiger partial charge in [0.25, 0.3) is 5.91 Å². The van der Waals surface area contributed by atoms with Crippen LogP contribution in [0.1, 0.15) is 16.8 Å². The lowest BCUT2D eigenvalue weighted by Crippen LogP contribution is -2.37. The minimum atomic E-state index is -0.270. The summed E-state index contributed by atoms with van der Waals surface area (Å²) >= 11 is 7.52. The number of rotatable bonds is 9. The van der Waals surface area contributed by atoms with Crippen LogP contribution >= 0.6 is 23.4 Å². The van der Waals surface area contributed by atoms with Crippen molar-refractivity contribution in [2.45, 2.75) is 16.5 Å². The number of halogens is 1. The molecule has 3 aromatic rings. The molecule has 0 saturated carbocycles. The third kappa shape index (κ3) is 6.54. The summed E-state index contributed by atoms with van der Waals surface area (Å²) in [6, 6.07) is 16.2. The van der Waals surface area contributed by atoms with Gasteiger partial charge in [0.2, 0.25) is 0 Å². The highest BCUT2D eigenvalue weighted by Crippen LogP contribution is 2.30. The van der Waals surface area contributed by atoms with Crippen LogP contribution in [0.3, 0.4) is 0 Å².